The van der Waals surface area contributed by atoms with Crippen LogP contribution in [0.4, 0.5) is 18.0 Å². The summed E-state index contributed by atoms with van der Waals surface area (Å²) in [4.78, 5) is 45.1. The first kappa shape index (κ1) is 22.9. The van der Waals surface area contributed by atoms with E-state index in [1.165, 1.54) is 12.1 Å². The monoisotopic (exact) mass is 485 g/mol. The molecule has 5 rings (SSSR count). The number of rotatable bonds is 5. The van der Waals surface area contributed by atoms with Gasteiger partial charge in [0.15, 0.2) is 0 Å². The van der Waals surface area contributed by atoms with Gasteiger partial charge in [0.1, 0.15) is 12.1 Å². The molecule has 11 heteroatoms. The van der Waals surface area contributed by atoms with Gasteiger partial charge in [-0.1, -0.05) is 49.2 Å². The summed E-state index contributed by atoms with van der Waals surface area (Å²) in [5.74, 6) is -2.08. The number of carbonyl (C=O) groups excluding carboxylic acids is 3. The smallest absolute Gasteiger partial charge is 0.344 e. The maximum Gasteiger partial charge on any atom is 0.449 e. The maximum atomic E-state index is 13.1. The van der Waals surface area contributed by atoms with Crippen LogP contribution >= 0.6 is 0 Å². The van der Waals surface area contributed by atoms with Crippen molar-refractivity contribution in [2.45, 2.75) is 43.4 Å². The van der Waals surface area contributed by atoms with Crippen molar-refractivity contribution in [3.8, 4) is 0 Å². The molecule has 2 aliphatic rings. The minimum Gasteiger partial charge on any atom is -0.344 e. The quantitative estimate of drug-likeness (QED) is 0.480. The Labute approximate surface area is 197 Å². The van der Waals surface area contributed by atoms with Crippen molar-refractivity contribution < 1.29 is 27.6 Å². The average molecular weight is 485 g/mol. The van der Waals surface area contributed by atoms with Gasteiger partial charge in [-0.15, -0.1) is 0 Å². The molecule has 1 saturated heterocycles. The van der Waals surface area contributed by atoms with Gasteiger partial charge in [-0.05, 0) is 36.1 Å². The highest BCUT2D eigenvalue weighted by Crippen LogP contribution is 2.35. The Bertz CT molecular complexity index is 1300. The van der Waals surface area contributed by atoms with Gasteiger partial charge < -0.3 is 15.6 Å². The summed E-state index contributed by atoms with van der Waals surface area (Å²) < 4.78 is 39.2. The van der Waals surface area contributed by atoms with E-state index >= 15 is 0 Å². The number of imide groups is 1. The lowest BCUT2D eigenvalue weighted by Crippen LogP contribution is -2.45. The minimum atomic E-state index is -4.62. The van der Waals surface area contributed by atoms with Gasteiger partial charge in [0.25, 0.3) is 5.91 Å². The molecule has 3 aromatic rings. The van der Waals surface area contributed by atoms with Gasteiger partial charge in [-0.25, -0.2) is 9.78 Å². The lowest BCUT2D eigenvalue weighted by atomic mass is 9.97. The predicted molar refractivity (Wildman–Crippen MR) is 119 cm³/mol. The van der Waals surface area contributed by atoms with E-state index in [1.807, 2.05) is 0 Å². The van der Waals surface area contributed by atoms with Crippen LogP contribution in [0.3, 0.4) is 0 Å². The second-order valence-corrected chi connectivity index (χ2v) is 8.88. The van der Waals surface area contributed by atoms with Crippen molar-refractivity contribution in [3.63, 3.8) is 0 Å². The number of nitrogens with zero attached hydrogens (tertiary/aromatic N) is 2. The molecule has 0 radical (unpaired) electrons. The number of hydrogen-bond donors (Lipinski definition) is 3. The fourth-order valence-corrected chi connectivity index (χ4v) is 4.83. The van der Waals surface area contributed by atoms with Crippen molar-refractivity contribution in [3.05, 3.63) is 65.5 Å². The lowest BCUT2D eigenvalue weighted by Gasteiger charge is -2.22. The van der Waals surface area contributed by atoms with Crippen LogP contribution in [0.2, 0.25) is 0 Å². The van der Waals surface area contributed by atoms with Crippen LogP contribution in [0.1, 0.15) is 48.7 Å². The fourth-order valence-electron chi connectivity index (χ4n) is 4.83. The molecule has 0 unspecified atom stereocenters. The van der Waals surface area contributed by atoms with E-state index < -0.39 is 48.0 Å². The molecule has 4 amide bonds. The topological polar surface area (TPSA) is 107 Å². The van der Waals surface area contributed by atoms with Crippen LogP contribution in [0, 0.1) is 0 Å². The normalized spacial score (nSPS) is 18.3. The van der Waals surface area contributed by atoms with E-state index in [4.69, 9.17) is 0 Å². The molecule has 2 aromatic carbocycles. The molecule has 1 saturated carbocycles. The van der Waals surface area contributed by atoms with Crippen molar-refractivity contribution in [2.75, 3.05) is 6.54 Å². The zero-order chi connectivity index (χ0) is 24.8. The van der Waals surface area contributed by atoms with Crippen LogP contribution in [0.25, 0.3) is 11.0 Å². The van der Waals surface area contributed by atoms with Crippen LogP contribution < -0.4 is 10.6 Å². The molecule has 182 valence electrons. The van der Waals surface area contributed by atoms with E-state index in [-0.39, 0.29) is 11.0 Å². The molecular formula is C24H22F3N5O3. The Hall–Kier alpha value is -3.89. The fraction of sp³-hybridized carbons (Fsp3) is 0.333. The first-order chi connectivity index (χ1) is 16.7. The van der Waals surface area contributed by atoms with Crippen LogP contribution in [-0.2, 0) is 15.8 Å². The highest BCUT2D eigenvalue weighted by molar-refractivity contribution is 6.09. The highest BCUT2D eigenvalue weighted by atomic mass is 19.4. The Morgan fingerprint density at radius 3 is 2.49 bits per heavy atom. The number of urea groups is 1. The molecule has 8 nitrogen and oxygen atoms in total. The SMILES string of the molecule is O=C(CN1C(=O)NC2(CCCC2)C1=O)N[C@H](c1ccccc1)c1ccc2nc(C(F)(F)F)[nH]c2c1. The zero-order valence-electron chi connectivity index (χ0n) is 18.5. The van der Waals surface area contributed by atoms with Gasteiger partial charge in [-0.3, -0.25) is 14.5 Å². The predicted octanol–water partition coefficient (Wildman–Crippen LogP) is 3.65. The Morgan fingerprint density at radius 2 is 1.80 bits per heavy atom. The van der Waals surface area contributed by atoms with E-state index in [9.17, 15) is 27.6 Å². The zero-order valence-corrected chi connectivity index (χ0v) is 18.5. The summed E-state index contributed by atoms with van der Waals surface area (Å²) in [5.41, 5.74) is 0.583. The third kappa shape index (κ3) is 4.22. The largest absolute Gasteiger partial charge is 0.449 e. The van der Waals surface area contributed by atoms with Crippen molar-refractivity contribution in [1.82, 2.24) is 25.5 Å². The lowest BCUT2D eigenvalue weighted by molar-refractivity contribution is -0.144. The number of benzene rings is 2. The molecule has 2 heterocycles. The number of fused-ring (bicyclic) bond motifs is 1. The number of amides is 4. The molecule has 1 spiro atoms. The molecule has 2 fully saturated rings. The van der Waals surface area contributed by atoms with Crippen molar-refractivity contribution in [2.24, 2.45) is 0 Å². The summed E-state index contributed by atoms with van der Waals surface area (Å²) in [6.07, 6.45) is -1.87. The molecule has 1 atom stereocenters. The summed E-state index contributed by atoms with van der Waals surface area (Å²) in [6, 6.07) is 12.1. The van der Waals surface area contributed by atoms with Crippen LogP contribution in [0.5, 0.6) is 0 Å². The van der Waals surface area contributed by atoms with Gasteiger partial charge in [0, 0.05) is 0 Å². The van der Waals surface area contributed by atoms with E-state index in [2.05, 4.69) is 20.6 Å². The van der Waals surface area contributed by atoms with E-state index in [0.717, 1.165) is 17.7 Å². The second kappa shape index (κ2) is 8.40. The molecule has 35 heavy (non-hydrogen) atoms. The van der Waals surface area contributed by atoms with Gasteiger partial charge in [0.05, 0.1) is 17.1 Å². The standard InChI is InChI=1S/C24H22F3N5O3/c25-24(26,27)20-28-16-9-8-15(12-17(16)29-20)19(14-6-2-1-3-7-14)30-18(33)13-32-21(34)23(31-22(32)35)10-4-5-11-23/h1-3,6-9,12,19H,4-5,10-11,13H2,(H,28,29)(H,30,33)(H,31,35)/t19-/m1/s1. The average Bonchev–Trinajstić information content (AvgIpc) is 3.53. The molecule has 1 aliphatic heterocycles. The number of carbonyl (C=O) groups is 3. The number of aromatic amines is 1. The maximum absolute atomic E-state index is 13.1. The van der Waals surface area contributed by atoms with Crippen LogP contribution in [-0.4, -0.2) is 44.8 Å². The number of halogens is 3. The minimum absolute atomic E-state index is 0.139. The third-order valence-electron chi connectivity index (χ3n) is 6.55. The first-order valence-corrected chi connectivity index (χ1v) is 11.2. The highest BCUT2D eigenvalue weighted by Gasteiger charge is 2.52. The summed E-state index contributed by atoms with van der Waals surface area (Å²) >= 11 is 0. The molecule has 1 aliphatic carbocycles. The van der Waals surface area contributed by atoms with E-state index in [0.29, 0.717) is 24.0 Å². The van der Waals surface area contributed by atoms with Gasteiger partial charge in [0.2, 0.25) is 11.7 Å². The second-order valence-electron chi connectivity index (χ2n) is 8.88. The van der Waals surface area contributed by atoms with Crippen LogP contribution in [0.15, 0.2) is 48.5 Å². The molecule has 3 N–H and O–H groups in total. The molecular weight excluding hydrogens is 463 g/mol. The molecule has 1 aromatic heterocycles. The summed E-state index contributed by atoms with van der Waals surface area (Å²) in [6.45, 7) is -0.458. The third-order valence-corrected chi connectivity index (χ3v) is 6.55. The number of alkyl halides is 3. The number of H-pyrrole nitrogens is 1. The van der Waals surface area contributed by atoms with Crippen molar-refractivity contribution in [1.29, 1.82) is 0 Å². The summed E-state index contributed by atoms with van der Waals surface area (Å²) in [7, 11) is 0. The number of hydrogen-bond acceptors (Lipinski definition) is 4. The number of aromatic nitrogens is 2. The van der Waals surface area contributed by atoms with Gasteiger partial charge >= 0.3 is 12.2 Å². The number of imidazole rings is 1. The Kier molecular flexibility index (Phi) is 5.49. The van der Waals surface area contributed by atoms with E-state index in [1.54, 1.807) is 36.4 Å². The Morgan fingerprint density at radius 1 is 1.09 bits per heavy atom. The molecule has 0 bridgehead atoms. The first-order valence-electron chi connectivity index (χ1n) is 11.2. The van der Waals surface area contributed by atoms with Crippen molar-refractivity contribution >= 4 is 28.9 Å². The Balaban J connectivity index is 1.41. The number of nitrogens with one attached hydrogen (secondary N) is 3. The summed E-state index contributed by atoms with van der Waals surface area (Å²) in [5, 5.41) is 5.57. The van der Waals surface area contributed by atoms with Gasteiger partial charge in [-0.2, -0.15) is 13.2 Å².